The second-order valence-corrected chi connectivity index (χ2v) is 5.89. The summed E-state index contributed by atoms with van der Waals surface area (Å²) in [7, 11) is 1.53. The molecule has 3 rings (SSSR count). The maximum absolute atomic E-state index is 12.2. The molecule has 2 aliphatic rings. The minimum atomic E-state index is -0.677. The Morgan fingerprint density at radius 3 is 2.33 bits per heavy atom. The van der Waals surface area contributed by atoms with E-state index in [-0.39, 0.29) is 11.9 Å². The molecule has 3 amide bonds. The van der Waals surface area contributed by atoms with Gasteiger partial charge >= 0.3 is 6.03 Å². The van der Waals surface area contributed by atoms with Crippen LogP contribution < -0.4 is 11.1 Å². The number of imide groups is 1. The van der Waals surface area contributed by atoms with Crippen LogP contribution in [-0.4, -0.2) is 47.4 Å². The van der Waals surface area contributed by atoms with Gasteiger partial charge in [-0.05, 0) is 30.5 Å². The number of carbonyl (C=O) groups excluding carboxylic acids is 2. The summed E-state index contributed by atoms with van der Waals surface area (Å²) < 4.78 is 0. The molecule has 1 aromatic carbocycles. The van der Waals surface area contributed by atoms with E-state index in [0.29, 0.717) is 12.8 Å². The molecule has 2 aliphatic heterocycles. The molecule has 2 heterocycles. The van der Waals surface area contributed by atoms with E-state index in [1.54, 1.807) is 0 Å². The van der Waals surface area contributed by atoms with E-state index in [1.165, 1.54) is 17.5 Å². The van der Waals surface area contributed by atoms with Gasteiger partial charge in [-0.15, -0.1) is 0 Å². The lowest BCUT2D eigenvalue weighted by molar-refractivity contribution is -0.132. The smallest absolute Gasteiger partial charge is 0.324 e. The predicted molar refractivity (Wildman–Crippen MR) is 79.4 cm³/mol. The highest BCUT2D eigenvalue weighted by atomic mass is 16.2. The van der Waals surface area contributed by atoms with Crippen LogP contribution in [0.5, 0.6) is 0 Å². The highest BCUT2D eigenvalue weighted by Crippen LogP contribution is 2.29. The molecule has 1 aromatic rings. The number of nitrogens with zero attached hydrogens (tertiary/aromatic N) is 2. The van der Waals surface area contributed by atoms with Gasteiger partial charge in [-0.1, -0.05) is 12.1 Å². The van der Waals surface area contributed by atoms with Crippen molar-refractivity contribution >= 4 is 17.6 Å². The van der Waals surface area contributed by atoms with E-state index in [9.17, 15) is 9.59 Å². The maximum atomic E-state index is 12.2. The van der Waals surface area contributed by atoms with E-state index in [2.05, 4.69) is 10.2 Å². The summed E-state index contributed by atoms with van der Waals surface area (Å²) >= 11 is 0. The average molecular weight is 288 g/mol. The number of nitrogens with two attached hydrogens (primary N) is 1. The third-order valence-corrected chi connectivity index (χ3v) is 4.46. The molecule has 21 heavy (non-hydrogen) atoms. The van der Waals surface area contributed by atoms with Crippen molar-refractivity contribution in [2.45, 2.75) is 24.9 Å². The Bertz CT molecular complexity index is 562. The Balaban J connectivity index is 1.62. The highest BCUT2D eigenvalue weighted by Gasteiger charge is 2.50. The number of likely N-dealkylation sites (N-methyl/N-ethyl adjacent to an activating group) is 1. The molecule has 0 bridgehead atoms. The van der Waals surface area contributed by atoms with Gasteiger partial charge in [0.2, 0.25) is 0 Å². The Morgan fingerprint density at radius 1 is 1.19 bits per heavy atom. The van der Waals surface area contributed by atoms with Crippen LogP contribution >= 0.6 is 0 Å². The van der Waals surface area contributed by atoms with Gasteiger partial charge in [0, 0.05) is 32.4 Å². The van der Waals surface area contributed by atoms with Crippen LogP contribution in [0.3, 0.4) is 0 Å². The molecule has 112 valence electrons. The fraction of sp³-hybridized carbons (Fsp3) is 0.467. The second-order valence-electron chi connectivity index (χ2n) is 5.89. The number of likely N-dealkylation sites (tertiary alicyclic amines) is 1. The number of urea groups is 1. The maximum Gasteiger partial charge on any atom is 0.324 e. The molecular formula is C15H20N4O2. The van der Waals surface area contributed by atoms with Crippen molar-refractivity contribution < 1.29 is 9.59 Å². The molecule has 6 heteroatoms. The first-order valence-electron chi connectivity index (χ1n) is 7.17. The molecule has 0 aromatic heterocycles. The van der Waals surface area contributed by atoms with Gasteiger partial charge in [0.05, 0.1) is 0 Å². The van der Waals surface area contributed by atoms with Crippen LogP contribution in [0.25, 0.3) is 0 Å². The van der Waals surface area contributed by atoms with E-state index >= 15 is 0 Å². The monoisotopic (exact) mass is 288 g/mol. The zero-order chi connectivity index (χ0) is 15.0. The minimum absolute atomic E-state index is 0.0976. The Labute approximate surface area is 123 Å². The molecule has 1 spiro atoms. The first-order chi connectivity index (χ1) is 10.00. The Morgan fingerprint density at radius 2 is 1.81 bits per heavy atom. The van der Waals surface area contributed by atoms with Crippen LogP contribution in [-0.2, 0) is 11.3 Å². The number of anilines is 1. The molecular weight excluding hydrogens is 268 g/mol. The molecule has 0 saturated carbocycles. The third kappa shape index (κ3) is 2.47. The van der Waals surface area contributed by atoms with E-state index in [1.807, 2.05) is 24.3 Å². The summed E-state index contributed by atoms with van der Waals surface area (Å²) in [4.78, 5) is 27.3. The molecule has 6 nitrogen and oxygen atoms in total. The SMILES string of the molecule is CN1C(=O)NC2(CCN(Cc3ccc(N)cc3)CC2)C1=O. The van der Waals surface area contributed by atoms with Crippen molar-refractivity contribution in [3.05, 3.63) is 29.8 Å². The van der Waals surface area contributed by atoms with Crippen molar-refractivity contribution in [2.75, 3.05) is 25.9 Å². The first kappa shape index (κ1) is 13.9. The predicted octanol–water partition coefficient (Wildman–Crippen LogP) is 0.785. The summed E-state index contributed by atoms with van der Waals surface area (Å²) in [5.74, 6) is -0.0976. The minimum Gasteiger partial charge on any atom is -0.399 e. The number of hydrogen-bond donors (Lipinski definition) is 2. The normalized spacial score (nSPS) is 21.9. The molecule has 3 N–H and O–H groups in total. The number of amides is 3. The number of piperidine rings is 1. The van der Waals surface area contributed by atoms with Gasteiger partial charge in [-0.3, -0.25) is 14.6 Å². The zero-order valence-electron chi connectivity index (χ0n) is 12.1. The summed E-state index contributed by atoms with van der Waals surface area (Å²) in [5.41, 5.74) is 6.98. The standard InChI is InChI=1S/C15H20N4O2/c1-18-13(20)15(17-14(18)21)6-8-19(9-7-15)10-11-2-4-12(16)5-3-11/h2-5H,6-10,16H2,1H3,(H,17,21). The molecule has 0 unspecified atom stereocenters. The van der Waals surface area contributed by atoms with Gasteiger partial charge in [0.15, 0.2) is 0 Å². The Kier molecular flexibility index (Phi) is 3.33. The van der Waals surface area contributed by atoms with Gasteiger partial charge in [0.1, 0.15) is 5.54 Å². The van der Waals surface area contributed by atoms with E-state index in [4.69, 9.17) is 5.73 Å². The molecule has 0 aliphatic carbocycles. The van der Waals surface area contributed by atoms with Crippen LogP contribution in [0.15, 0.2) is 24.3 Å². The van der Waals surface area contributed by atoms with Gasteiger partial charge in [0.25, 0.3) is 5.91 Å². The zero-order valence-corrected chi connectivity index (χ0v) is 12.1. The van der Waals surface area contributed by atoms with Crippen molar-refractivity contribution in [1.29, 1.82) is 0 Å². The molecule has 0 atom stereocenters. The second kappa shape index (κ2) is 5.04. The number of hydrogen-bond acceptors (Lipinski definition) is 4. The third-order valence-electron chi connectivity index (χ3n) is 4.46. The van der Waals surface area contributed by atoms with Crippen molar-refractivity contribution in [3.63, 3.8) is 0 Å². The largest absolute Gasteiger partial charge is 0.399 e. The summed E-state index contributed by atoms with van der Waals surface area (Å²) in [6, 6.07) is 7.56. The number of benzene rings is 1. The van der Waals surface area contributed by atoms with Gasteiger partial charge < -0.3 is 11.1 Å². The molecule has 2 saturated heterocycles. The first-order valence-corrected chi connectivity index (χ1v) is 7.17. The lowest BCUT2D eigenvalue weighted by Crippen LogP contribution is -2.54. The number of rotatable bonds is 2. The number of nitrogens with one attached hydrogen (secondary N) is 1. The van der Waals surface area contributed by atoms with Crippen LogP contribution in [0, 0.1) is 0 Å². The van der Waals surface area contributed by atoms with Crippen molar-refractivity contribution in [3.8, 4) is 0 Å². The quantitative estimate of drug-likeness (QED) is 0.623. The fourth-order valence-corrected chi connectivity index (χ4v) is 3.07. The summed E-state index contributed by atoms with van der Waals surface area (Å²) in [6.45, 7) is 2.43. The van der Waals surface area contributed by atoms with Gasteiger partial charge in [-0.25, -0.2) is 4.79 Å². The van der Waals surface area contributed by atoms with Gasteiger partial charge in [-0.2, -0.15) is 0 Å². The fourth-order valence-electron chi connectivity index (χ4n) is 3.07. The molecule has 2 fully saturated rings. The lowest BCUT2D eigenvalue weighted by Gasteiger charge is -2.37. The molecule has 0 radical (unpaired) electrons. The number of carbonyl (C=O) groups is 2. The lowest BCUT2D eigenvalue weighted by atomic mass is 9.87. The van der Waals surface area contributed by atoms with Crippen molar-refractivity contribution in [1.82, 2.24) is 15.1 Å². The topological polar surface area (TPSA) is 78.7 Å². The van der Waals surface area contributed by atoms with Crippen molar-refractivity contribution in [2.24, 2.45) is 0 Å². The van der Waals surface area contributed by atoms with Crippen LogP contribution in [0.1, 0.15) is 18.4 Å². The average Bonchev–Trinajstić information content (AvgIpc) is 2.69. The number of nitrogen functional groups attached to an aromatic ring is 1. The van der Waals surface area contributed by atoms with Crippen LogP contribution in [0.2, 0.25) is 0 Å². The van der Waals surface area contributed by atoms with Crippen LogP contribution in [0.4, 0.5) is 10.5 Å². The Hall–Kier alpha value is -2.08. The summed E-state index contributed by atoms with van der Waals surface area (Å²) in [5, 5.41) is 2.85. The van der Waals surface area contributed by atoms with E-state index in [0.717, 1.165) is 25.3 Å². The highest BCUT2D eigenvalue weighted by molar-refractivity contribution is 6.06. The summed E-state index contributed by atoms with van der Waals surface area (Å²) in [6.07, 6.45) is 1.33. The van der Waals surface area contributed by atoms with E-state index < -0.39 is 5.54 Å².